The van der Waals surface area contributed by atoms with Crippen molar-refractivity contribution in [1.82, 2.24) is 10.3 Å². The quantitative estimate of drug-likeness (QED) is 0.831. The van der Waals surface area contributed by atoms with Gasteiger partial charge in [-0.2, -0.15) is 0 Å². The number of ketones is 1. The van der Waals surface area contributed by atoms with Crippen LogP contribution < -0.4 is 5.32 Å². The van der Waals surface area contributed by atoms with Crippen molar-refractivity contribution in [2.75, 3.05) is 0 Å². The molecule has 0 saturated heterocycles. The Morgan fingerprint density at radius 1 is 1.35 bits per heavy atom. The summed E-state index contributed by atoms with van der Waals surface area (Å²) in [7, 11) is 0. The fourth-order valence-electron chi connectivity index (χ4n) is 1.88. The summed E-state index contributed by atoms with van der Waals surface area (Å²) in [5, 5.41) is 4.71. The normalized spacial score (nSPS) is 11.8. The summed E-state index contributed by atoms with van der Waals surface area (Å²) in [6.45, 7) is 1.84. The van der Waals surface area contributed by atoms with Crippen LogP contribution in [0.4, 0.5) is 0 Å². The van der Waals surface area contributed by atoms with Crippen molar-refractivity contribution in [3.63, 3.8) is 0 Å². The van der Waals surface area contributed by atoms with Gasteiger partial charge in [-0.1, -0.05) is 12.1 Å². The molecule has 2 aromatic heterocycles. The number of Topliss-reactive ketones (excluding diaryl/α,β-unsaturated/α-hetero) is 1. The number of carbonyl (C=O) groups excluding carboxylic acids is 2. The molecule has 2 heterocycles. The fraction of sp³-hybridized carbons (Fsp3) is 0.267. The fourth-order valence-corrected chi connectivity index (χ4v) is 2.56. The first-order chi connectivity index (χ1) is 9.65. The van der Waals surface area contributed by atoms with Crippen molar-refractivity contribution in [3.8, 4) is 0 Å². The van der Waals surface area contributed by atoms with Gasteiger partial charge in [-0.15, -0.1) is 11.3 Å². The third-order valence-corrected chi connectivity index (χ3v) is 3.69. The van der Waals surface area contributed by atoms with Gasteiger partial charge in [0.15, 0.2) is 5.78 Å². The highest BCUT2D eigenvalue weighted by atomic mass is 32.1. The first kappa shape index (κ1) is 14.4. The highest BCUT2D eigenvalue weighted by Crippen LogP contribution is 2.12. The second-order valence-corrected chi connectivity index (χ2v) is 5.56. The lowest BCUT2D eigenvalue weighted by molar-refractivity contribution is -0.121. The lowest BCUT2D eigenvalue weighted by atomic mass is 10.1. The molecule has 1 amide bonds. The average Bonchev–Trinajstić information content (AvgIpc) is 2.93. The van der Waals surface area contributed by atoms with Gasteiger partial charge in [0.2, 0.25) is 5.91 Å². The molecular weight excluding hydrogens is 272 g/mol. The van der Waals surface area contributed by atoms with Crippen LogP contribution in [0, 0.1) is 0 Å². The van der Waals surface area contributed by atoms with Crippen molar-refractivity contribution < 1.29 is 9.59 Å². The predicted molar refractivity (Wildman–Crippen MR) is 78.8 cm³/mol. The molecule has 0 aliphatic rings. The molecule has 2 aromatic rings. The van der Waals surface area contributed by atoms with Gasteiger partial charge in [-0.05, 0) is 30.0 Å². The van der Waals surface area contributed by atoms with E-state index < -0.39 is 0 Å². The minimum absolute atomic E-state index is 0.0641. The Hall–Kier alpha value is -2.01. The molecule has 0 radical (unpaired) electrons. The van der Waals surface area contributed by atoms with E-state index in [1.165, 1.54) is 11.3 Å². The number of hydrogen-bond donors (Lipinski definition) is 1. The number of aromatic nitrogens is 1. The molecule has 104 valence electrons. The van der Waals surface area contributed by atoms with Gasteiger partial charge >= 0.3 is 0 Å². The minimum atomic E-state index is -0.172. The molecule has 0 aliphatic heterocycles. The third-order valence-electron chi connectivity index (χ3n) is 2.78. The third kappa shape index (κ3) is 4.28. The molecule has 1 unspecified atom stereocenters. The van der Waals surface area contributed by atoms with E-state index in [0.29, 0.717) is 6.42 Å². The van der Waals surface area contributed by atoms with Crippen molar-refractivity contribution in [1.29, 1.82) is 0 Å². The summed E-state index contributed by atoms with van der Waals surface area (Å²) in [6.07, 6.45) is 3.94. The van der Waals surface area contributed by atoms with E-state index in [1.54, 1.807) is 24.5 Å². The second-order valence-electron chi connectivity index (χ2n) is 4.61. The highest BCUT2D eigenvalue weighted by Gasteiger charge is 2.14. The Balaban J connectivity index is 1.81. The summed E-state index contributed by atoms with van der Waals surface area (Å²) < 4.78 is 0. The zero-order valence-electron chi connectivity index (χ0n) is 11.2. The summed E-state index contributed by atoms with van der Waals surface area (Å²) >= 11 is 1.42. The number of rotatable bonds is 6. The lowest BCUT2D eigenvalue weighted by Crippen LogP contribution is -2.35. The van der Waals surface area contributed by atoms with E-state index >= 15 is 0 Å². The van der Waals surface area contributed by atoms with Gasteiger partial charge in [0.1, 0.15) is 0 Å². The Labute approximate surface area is 121 Å². The maximum atomic E-state index is 11.9. The maximum Gasteiger partial charge on any atom is 0.224 e. The number of nitrogens with zero attached hydrogens (tertiary/aromatic N) is 1. The summed E-state index contributed by atoms with van der Waals surface area (Å²) in [5.41, 5.74) is 0.863. The molecule has 20 heavy (non-hydrogen) atoms. The molecular formula is C15H16N2O2S. The molecule has 0 spiro atoms. The summed E-state index contributed by atoms with van der Waals surface area (Å²) in [5.74, 6) is -0.0290. The molecule has 5 heteroatoms. The SMILES string of the molecule is CC(CC(=O)c1cccs1)NC(=O)Cc1cccnc1. The van der Waals surface area contributed by atoms with Crippen LogP contribution in [0.1, 0.15) is 28.6 Å². The van der Waals surface area contributed by atoms with Gasteiger partial charge in [0, 0.05) is 24.9 Å². The molecule has 4 nitrogen and oxygen atoms in total. The van der Waals surface area contributed by atoms with Crippen molar-refractivity contribution in [3.05, 3.63) is 52.5 Å². The van der Waals surface area contributed by atoms with Crippen LogP contribution in [0.3, 0.4) is 0 Å². The number of hydrogen-bond acceptors (Lipinski definition) is 4. The Bertz CT molecular complexity index is 567. The molecule has 0 bridgehead atoms. The molecule has 1 atom stereocenters. The van der Waals surface area contributed by atoms with Crippen molar-refractivity contribution in [2.45, 2.75) is 25.8 Å². The van der Waals surface area contributed by atoms with Gasteiger partial charge < -0.3 is 5.32 Å². The van der Waals surface area contributed by atoms with E-state index in [-0.39, 0.29) is 24.2 Å². The van der Waals surface area contributed by atoms with Gasteiger partial charge in [-0.3, -0.25) is 14.6 Å². The number of carbonyl (C=O) groups is 2. The maximum absolute atomic E-state index is 11.9. The van der Waals surface area contributed by atoms with Crippen LogP contribution in [0.5, 0.6) is 0 Å². The van der Waals surface area contributed by atoms with Crippen LogP contribution in [-0.2, 0) is 11.2 Å². The van der Waals surface area contributed by atoms with E-state index in [9.17, 15) is 9.59 Å². The minimum Gasteiger partial charge on any atom is -0.353 e. The lowest BCUT2D eigenvalue weighted by Gasteiger charge is -2.12. The Morgan fingerprint density at radius 3 is 2.85 bits per heavy atom. The van der Waals surface area contributed by atoms with Crippen LogP contribution >= 0.6 is 11.3 Å². The second kappa shape index (κ2) is 6.96. The van der Waals surface area contributed by atoms with Gasteiger partial charge in [-0.25, -0.2) is 0 Å². The van der Waals surface area contributed by atoms with Crippen LogP contribution in [-0.4, -0.2) is 22.7 Å². The predicted octanol–water partition coefficient (Wildman–Crippen LogP) is 2.46. The monoisotopic (exact) mass is 288 g/mol. The Morgan fingerprint density at radius 2 is 2.20 bits per heavy atom. The first-order valence-electron chi connectivity index (χ1n) is 6.40. The van der Waals surface area contributed by atoms with E-state index in [4.69, 9.17) is 0 Å². The number of thiophene rings is 1. The van der Waals surface area contributed by atoms with Gasteiger partial charge in [0.25, 0.3) is 0 Å². The summed E-state index contributed by atoms with van der Waals surface area (Å²) in [4.78, 5) is 28.4. The highest BCUT2D eigenvalue weighted by molar-refractivity contribution is 7.12. The number of nitrogens with one attached hydrogen (secondary N) is 1. The number of amides is 1. The van der Waals surface area contributed by atoms with E-state index in [0.717, 1.165) is 10.4 Å². The number of pyridine rings is 1. The largest absolute Gasteiger partial charge is 0.353 e. The summed E-state index contributed by atoms with van der Waals surface area (Å²) in [6, 6.07) is 7.13. The van der Waals surface area contributed by atoms with Crippen molar-refractivity contribution >= 4 is 23.0 Å². The van der Waals surface area contributed by atoms with Crippen LogP contribution in [0.2, 0.25) is 0 Å². The molecule has 0 saturated carbocycles. The van der Waals surface area contributed by atoms with Crippen LogP contribution in [0.15, 0.2) is 42.0 Å². The van der Waals surface area contributed by atoms with Crippen LogP contribution in [0.25, 0.3) is 0 Å². The van der Waals surface area contributed by atoms with Crippen molar-refractivity contribution in [2.24, 2.45) is 0 Å². The molecule has 1 N–H and O–H groups in total. The molecule has 0 aromatic carbocycles. The smallest absolute Gasteiger partial charge is 0.224 e. The zero-order chi connectivity index (χ0) is 14.4. The molecule has 2 rings (SSSR count). The molecule has 0 fully saturated rings. The topological polar surface area (TPSA) is 59.1 Å². The van der Waals surface area contributed by atoms with Gasteiger partial charge in [0.05, 0.1) is 11.3 Å². The van der Waals surface area contributed by atoms with E-state index in [2.05, 4.69) is 10.3 Å². The van der Waals surface area contributed by atoms with E-state index in [1.807, 2.05) is 24.4 Å². The standard InChI is InChI=1S/C15H16N2O2S/c1-11(8-13(18)14-5-3-7-20-14)17-15(19)9-12-4-2-6-16-10-12/h2-7,10-11H,8-9H2,1H3,(H,17,19). The first-order valence-corrected chi connectivity index (χ1v) is 7.28. The molecule has 0 aliphatic carbocycles. The zero-order valence-corrected chi connectivity index (χ0v) is 12.0. The average molecular weight is 288 g/mol. The Kier molecular flexibility index (Phi) is 5.01.